The Morgan fingerprint density at radius 3 is 2.94 bits per heavy atom. The molecule has 2 aromatic heterocycles. The number of hydrogen-bond donors (Lipinski definition) is 0. The lowest BCUT2D eigenvalue weighted by atomic mass is 10.2. The van der Waals surface area contributed by atoms with Gasteiger partial charge in [0.25, 0.3) is 0 Å². The third-order valence-electron chi connectivity index (χ3n) is 2.73. The minimum Gasteiger partial charge on any atom is -0.269 e. The first kappa shape index (κ1) is 9.78. The van der Waals surface area contributed by atoms with E-state index in [-0.39, 0.29) is 11.9 Å². The number of fused-ring (bicyclic) bond motifs is 3. The molecule has 0 spiro atoms. The monoisotopic (exact) mass is 234 g/mol. The van der Waals surface area contributed by atoms with Crippen LogP contribution in [0.15, 0.2) is 23.7 Å². The largest absolute Gasteiger partial charge is 0.269 e. The van der Waals surface area contributed by atoms with E-state index in [0.29, 0.717) is 5.52 Å². The lowest BCUT2D eigenvalue weighted by molar-refractivity contribution is 0.534. The van der Waals surface area contributed by atoms with Gasteiger partial charge in [-0.1, -0.05) is 0 Å². The second-order valence-corrected chi connectivity index (χ2v) is 5.10. The Hall–Kier alpha value is -1.42. The molecule has 3 aromatic rings. The van der Waals surface area contributed by atoms with E-state index in [4.69, 9.17) is 0 Å². The van der Waals surface area contributed by atoms with Gasteiger partial charge in [-0.2, -0.15) is 5.10 Å². The zero-order valence-corrected chi connectivity index (χ0v) is 9.88. The normalized spacial score (nSPS) is 12.0. The molecule has 0 aliphatic heterocycles. The van der Waals surface area contributed by atoms with Crippen LogP contribution in [0.2, 0.25) is 0 Å². The van der Waals surface area contributed by atoms with Crippen LogP contribution in [-0.4, -0.2) is 9.78 Å². The van der Waals surface area contributed by atoms with E-state index in [1.807, 2.05) is 36.2 Å². The smallest absolute Gasteiger partial charge is 0.152 e. The van der Waals surface area contributed by atoms with Gasteiger partial charge in [-0.3, -0.25) is 4.68 Å². The van der Waals surface area contributed by atoms with Gasteiger partial charge in [0.15, 0.2) is 5.82 Å². The highest BCUT2D eigenvalue weighted by molar-refractivity contribution is 7.17. The third-order valence-corrected chi connectivity index (χ3v) is 3.59. The lowest BCUT2D eigenvalue weighted by Crippen LogP contribution is -2.00. The molecule has 4 heteroatoms. The zero-order valence-electron chi connectivity index (χ0n) is 9.07. The van der Waals surface area contributed by atoms with Gasteiger partial charge in [0.1, 0.15) is 5.52 Å². The number of nitrogens with zero attached hydrogens (tertiary/aromatic N) is 2. The summed E-state index contributed by atoms with van der Waals surface area (Å²) in [5.41, 5.74) is 0.472. The van der Waals surface area contributed by atoms with Gasteiger partial charge < -0.3 is 0 Å². The first-order valence-corrected chi connectivity index (χ1v) is 6.09. The molecule has 2 heterocycles. The van der Waals surface area contributed by atoms with Crippen LogP contribution in [0, 0.1) is 5.82 Å². The van der Waals surface area contributed by atoms with Crippen LogP contribution in [0.3, 0.4) is 0 Å². The first-order chi connectivity index (χ1) is 7.66. The maximum absolute atomic E-state index is 13.8. The molecule has 2 nitrogen and oxygen atoms in total. The quantitative estimate of drug-likeness (QED) is 0.623. The number of rotatable bonds is 1. The van der Waals surface area contributed by atoms with Crippen molar-refractivity contribution in [1.82, 2.24) is 9.78 Å². The van der Waals surface area contributed by atoms with E-state index in [1.54, 1.807) is 17.4 Å². The standard InChI is InChI=1S/C12H11FN2S/c1-7(2)15-6-9-8-3-4-16-11(8)5-10(13)12(9)14-15/h3-7H,1-2H3. The molecule has 0 saturated heterocycles. The maximum Gasteiger partial charge on any atom is 0.152 e. The van der Waals surface area contributed by atoms with Crippen LogP contribution in [-0.2, 0) is 0 Å². The van der Waals surface area contributed by atoms with Gasteiger partial charge in [0, 0.05) is 27.7 Å². The fraction of sp³-hybridized carbons (Fsp3) is 0.250. The van der Waals surface area contributed by atoms with E-state index in [9.17, 15) is 4.39 Å². The number of thiophene rings is 1. The molecule has 0 N–H and O–H groups in total. The zero-order chi connectivity index (χ0) is 11.3. The van der Waals surface area contributed by atoms with Crippen molar-refractivity contribution < 1.29 is 4.39 Å². The molecule has 0 bridgehead atoms. The molecule has 16 heavy (non-hydrogen) atoms. The van der Waals surface area contributed by atoms with Crippen molar-refractivity contribution in [3.63, 3.8) is 0 Å². The molecular formula is C12H11FN2S. The predicted octanol–water partition coefficient (Wildman–Crippen LogP) is 3.97. The van der Waals surface area contributed by atoms with E-state index >= 15 is 0 Å². The van der Waals surface area contributed by atoms with Crippen molar-refractivity contribution in [2.24, 2.45) is 0 Å². The molecule has 0 amide bonds. The fourth-order valence-corrected chi connectivity index (χ4v) is 2.70. The van der Waals surface area contributed by atoms with Gasteiger partial charge in [-0.25, -0.2) is 4.39 Å². The Morgan fingerprint density at radius 2 is 2.19 bits per heavy atom. The molecule has 0 radical (unpaired) electrons. The van der Waals surface area contributed by atoms with Gasteiger partial charge in [0.2, 0.25) is 0 Å². The predicted molar refractivity (Wildman–Crippen MR) is 65.5 cm³/mol. The second kappa shape index (κ2) is 3.28. The van der Waals surface area contributed by atoms with Crippen LogP contribution in [0.25, 0.3) is 21.0 Å². The Bertz CT molecular complexity index is 666. The van der Waals surface area contributed by atoms with Gasteiger partial charge >= 0.3 is 0 Å². The van der Waals surface area contributed by atoms with Crippen LogP contribution in [0.4, 0.5) is 4.39 Å². The highest BCUT2D eigenvalue weighted by atomic mass is 32.1. The molecule has 0 saturated carbocycles. The average Bonchev–Trinajstić information content (AvgIpc) is 2.80. The summed E-state index contributed by atoms with van der Waals surface area (Å²) in [6.07, 6.45) is 1.93. The number of hydrogen-bond acceptors (Lipinski definition) is 2. The molecule has 0 aliphatic rings. The minimum absolute atomic E-state index is 0.232. The van der Waals surface area contributed by atoms with Gasteiger partial charge in [-0.15, -0.1) is 11.3 Å². The summed E-state index contributed by atoms with van der Waals surface area (Å²) in [4.78, 5) is 0. The molecule has 0 atom stereocenters. The SMILES string of the molecule is CC(C)n1cc2c(n1)c(F)cc1sccc12. The van der Waals surface area contributed by atoms with Gasteiger partial charge in [0.05, 0.1) is 0 Å². The van der Waals surface area contributed by atoms with E-state index in [1.165, 1.54) is 0 Å². The topological polar surface area (TPSA) is 17.8 Å². The molecule has 0 fully saturated rings. The molecule has 82 valence electrons. The molecular weight excluding hydrogens is 223 g/mol. The summed E-state index contributed by atoms with van der Waals surface area (Å²) in [5.74, 6) is -0.232. The Morgan fingerprint density at radius 1 is 1.38 bits per heavy atom. The summed E-state index contributed by atoms with van der Waals surface area (Å²) >= 11 is 1.56. The first-order valence-electron chi connectivity index (χ1n) is 5.21. The van der Waals surface area contributed by atoms with Crippen molar-refractivity contribution in [2.75, 3.05) is 0 Å². The number of halogens is 1. The molecule has 3 rings (SSSR count). The van der Waals surface area contributed by atoms with E-state index in [0.717, 1.165) is 15.5 Å². The van der Waals surface area contributed by atoms with Crippen molar-refractivity contribution in [3.05, 3.63) is 29.5 Å². The highest BCUT2D eigenvalue weighted by Gasteiger charge is 2.12. The summed E-state index contributed by atoms with van der Waals surface area (Å²) in [6.45, 7) is 4.07. The van der Waals surface area contributed by atoms with Crippen molar-refractivity contribution in [3.8, 4) is 0 Å². The lowest BCUT2D eigenvalue weighted by Gasteiger charge is -2.02. The van der Waals surface area contributed by atoms with Crippen LogP contribution in [0.5, 0.6) is 0 Å². The Labute approximate surface area is 96.3 Å². The minimum atomic E-state index is -0.232. The van der Waals surface area contributed by atoms with E-state index < -0.39 is 0 Å². The highest BCUT2D eigenvalue weighted by Crippen LogP contribution is 2.31. The van der Waals surface area contributed by atoms with Crippen molar-refractivity contribution >= 4 is 32.3 Å². The summed E-state index contributed by atoms with van der Waals surface area (Å²) < 4.78 is 16.6. The maximum atomic E-state index is 13.8. The summed E-state index contributed by atoms with van der Waals surface area (Å²) in [5, 5.41) is 8.27. The Kier molecular flexibility index (Phi) is 2.01. The number of aromatic nitrogens is 2. The molecule has 0 aliphatic carbocycles. The third kappa shape index (κ3) is 1.26. The number of benzene rings is 1. The summed E-state index contributed by atoms with van der Waals surface area (Å²) in [7, 11) is 0. The Balaban J connectivity index is 2.47. The van der Waals surface area contributed by atoms with Crippen LogP contribution >= 0.6 is 11.3 Å². The van der Waals surface area contributed by atoms with E-state index in [2.05, 4.69) is 5.10 Å². The molecule has 1 aromatic carbocycles. The fourth-order valence-electron chi connectivity index (χ4n) is 1.87. The summed E-state index contributed by atoms with van der Waals surface area (Å²) in [6, 6.07) is 3.84. The van der Waals surface area contributed by atoms with Crippen molar-refractivity contribution in [1.29, 1.82) is 0 Å². The van der Waals surface area contributed by atoms with Crippen LogP contribution < -0.4 is 0 Å². The van der Waals surface area contributed by atoms with Gasteiger partial charge in [-0.05, 0) is 31.4 Å². The average molecular weight is 234 g/mol. The van der Waals surface area contributed by atoms with Crippen LogP contribution in [0.1, 0.15) is 19.9 Å². The second-order valence-electron chi connectivity index (χ2n) is 4.16. The van der Waals surface area contributed by atoms with Crippen molar-refractivity contribution in [2.45, 2.75) is 19.9 Å². The molecule has 0 unspecified atom stereocenters.